The molecule has 0 rings (SSSR count). The van der Waals surface area contributed by atoms with E-state index in [9.17, 15) is 9.59 Å². The average Bonchev–Trinajstić information content (AvgIpc) is 1.88. The van der Waals surface area contributed by atoms with E-state index in [1.165, 1.54) is 0 Å². The molecule has 0 unspecified atom stereocenters. The summed E-state index contributed by atoms with van der Waals surface area (Å²) >= 11 is 0. The van der Waals surface area contributed by atoms with E-state index in [1.54, 1.807) is 13.8 Å². The van der Waals surface area contributed by atoms with Gasteiger partial charge in [-0.2, -0.15) is 0 Å². The van der Waals surface area contributed by atoms with Crippen LogP contribution in [0, 0.1) is 0 Å². The fraction of sp³-hybridized carbons (Fsp3) is 0.714. The minimum atomic E-state index is -0.422. The SMILES string of the molecule is CCOC(=O)CC(=O)CC.[AlH3]. The second kappa shape index (κ2) is 7.78. The molecular formula is C7H15AlO3. The van der Waals surface area contributed by atoms with Crippen LogP contribution in [0.5, 0.6) is 0 Å². The van der Waals surface area contributed by atoms with E-state index in [0.29, 0.717) is 13.0 Å². The molecular weight excluding hydrogens is 159 g/mol. The number of hydrogen-bond donors (Lipinski definition) is 0. The van der Waals surface area contributed by atoms with Gasteiger partial charge in [0, 0.05) is 6.42 Å². The van der Waals surface area contributed by atoms with Gasteiger partial charge in [0.2, 0.25) is 0 Å². The second-order valence-electron chi connectivity index (χ2n) is 1.87. The van der Waals surface area contributed by atoms with E-state index >= 15 is 0 Å². The van der Waals surface area contributed by atoms with Crippen molar-refractivity contribution in [3.63, 3.8) is 0 Å². The minimum Gasteiger partial charge on any atom is -0.466 e. The molecule has 0 aliphatic carbocycles. The number of rotatable bonds is 4. The predicted molar refractivity (Wildman–Crippen MR) is 46.5 cm³/mol. The van der Waals surface area contributed by atoms with Crippen LogP contribution in [-0.4, -0.2) is 35.7 Å². The summed E-state index contributed by atoms with van der Waals surface area (Å²) in [5, 5.41) is 0. The third-order valence-electron chi connectivity index (χ3n) is 1.04. The van der Waals surface area contributed by atoms with Crippen LogP contribution in [0.1, 0.15) is 26.7 Å². The van der Waals surface area contributed by atoms with Gasteiger partial charge in [0.1, 0.15) is 12.2 Å². The highest BCUT2D eigenvalue weighted by Gasteiger charge is 2.06. The molecule has 0 bridgehead atoms. The van der Waals surface area contributed by atoms with Gasteiger partial charge in [-0.05, 0) is 6.92 Å². The van der Waals surface area contributed by atoms with Crippen molar-refractivity contribution in [3.05, 3.63) is 0 Å². The van der Waals surface area contributed by atoms with Gasteiger partial charge in [-0.25, -0.2) is 0 Å². The molecule has 0 saturated heterocycles. The Balaban J connectivity index is 0. The van der Waals surface area contributed by atoms with Crippen molar-refractivity contribution >= 4 is 29.1 Å². The quantitative estimate of drug-likeness (QED) is 0.335. The van der Waals surface area contributed by atoms with Crippen molar-refractivity contribution < 1.29 is 14.3 Å². The lowest BCUT2D eigenvalue weighted by Gasteiger charge is -1.97. The molecule has 0 heterocycles. The zero-order valence-electron chi connectivity index (χ0n) is 6.35. The lowest BCUT2D eigenvalue weighted by Crippen LogP contribution is -2.09. The standard InChI is InChI=1S/C7H12O3.Al.3H/c1-3-6(8)5-7(9)10-4-2;;;;/h3-5H2,1-2H3;;;;. The lowest BCUT2D eigenvalue weighted by atomic mass is 10.2. The molecule has 0 saturated carbocycles. The minimum absolute atomic E-state index is 0. The second-order valence-corrected chi connectivity index (χ2v) is 1.87. The van der Waals surface area contributed by atoms with E-state index in [1.807, 2.05) is 0 Å². The topological polar surface area (TPSA) is 43.4 Å². The van der Waals surface area contributed by atoms with Crippen LogP contribution >= 0.6 is 0 Å². The molecule has 0 amide bonds. The van der Waals surface area contributed by atoms with Gasteiger partial charge in [-0.1, -0.05) is 6.92 Å². The summed E-state index contributed by atoms with van der Waals surface area (Å²) < 4.78 is 4.55. The van der Waals surface area contributed by atoms with E-state index in [4.69, 9.17) is 0 Å². The van der Waals surface area contributed by atoms with Gasteiger partial charge in [0.05, 0.1) is 6.61 Å². The zero-order chi connectivity index (χ0) is 7.98. The van der Waals surface area contributed by atoms with Gasteiger partial charge in [-0.15, -0.1) is 0 Å². The van der Waals surface area contributed by atoms with Crippen molar-refractivity contribution in [1.82, 2.24) is 0 Å². The fourth-order valence-electron chi connectivity index (χ4n) is 0.498. The molecule has 0 spiro atoms. The van der Waals surface area contributed by atoms with E-state index in [2.05, 4.69) is 4.74 Å². The summed E-state index contributed by atoms with van der Waals surface area (Å²) in [6.45, 7) is 3.78. The summed E-state index contributed by atoms with van der Waals surface area (Å²) in [6, 6.07) is 0. The molecule has 3 nitrogen and oxygen atoms in total. The molecule has 0 fully saturated rings. The number of hydrogen-bond acceptors (Lipinski definition) is 3. The molecule has 0 aromatic rings. The maximum Gasteiger partial charge on any atom is 0.313 e. The number of ketones is 1. The van der Waals surface area contributed by atoms with Gasteiger partial charge in [-0.3, -0.25) is 9.59 Å². The summed E-state index contributed by atoms with van der Waals surface area (Å²) in [6.07, 6.45) is 0.323. The predicted octanol–water partition coefficient (Wildman–Crippen LogP) is -0.265. The fourth-order valence-corrected chi connectivity index (χ4v) is 0.498. The maximum atomic E-state index is 10.6. The van der Waals surface area contributed by atoms with Gasteiger partial charge in [0.25, 0.3) is 0 Å². The summed E-state index contributed by atoms with van der Waals surface area (Å²) in [5.74, 6) is -0.493. The third kappa shape index (κ3) is 7.57. The molecule has 0 aromatic carbocycles. The van der Waals surface area contributed by atoms with Crippen molar-refractivity contribution in [2.45, 2.75) is 26.7 Å². The van der Waals surface area contributed by atoms with Crippen molar-refractivity contribution in [3.8, 4) is 0 Å². The molecule has 11 heavy (non-hydrogen) atoms. The molecule has 64 valence electrons. The molecule has 0 aliphatic heterocycles. The number of carbonyl (C=O) groups excluding carboxylic acids is 2. The highest BCUT2D eigenvalue weighted by atomic mass is 27.0. The third-order valence-corrected chi connectivity index (χ3v) is 1.04. The Morgan fingerprint density at radius 1 is 1.27 bits per heavy atom. The highest BCUT2D eigenvalue weighted by Crippen LogP contribution is 1.91. The first kappa shape index (κ1) is 13.3. The van der Waals surface area contributed by atoms with E-state index in [0.717, 1.165) is 0 Å². The Morgan fingerprint density at radius 3 is 2.18 bits per heavy atom. The molecule has 0 atom stereocenters. The number of ether oxygens (including phenoxy) is 1. The van der Waals surface area contributed by atoms with Gasteiger partial charge >= 0.3 is 5.97 Å². The summed E-state index contributed by atoms with van der Waals surface area (Å²) in [5.41, 5.74) is 0. The van der Waals surface area contributed by atoms with Crippen LogP contribution < -0.4 is 0 Å². The van der Waals surface area contributed by atoms with Gasteiger partial charge in [0.15, 0.2) is 17.4 Å². The summed E-state index contributed by atoms with van der Waals surface area (Å²) in [7, 11) is 0. The summed E-state index contributed by atoms with van der Waals surface area (Å²) in [4.78, 5) is 21.2. The smallest absolute Gasteiger partial charge is 0.313 e. The van der Waals surface area contributed by atoms with Crippen LogP contribution in [0.3, 0.4) is 0 Å². The van der Waals surface area contributed by atoms with Crippen LogP contribution in [0.2, 0.25) is 0 Å². The van der Waals surface area contributed by atoms with Crippen molar-refractivity contribution in [1.29, 1.82) is 0 Å². The van der Waals surface area contributed by atoms with Crippen LogP contribution in [0.15, 0.2) is 0 Å². The van der Waals surface area contributed by atoms with Crippen LogP contribution in [0.4, 0.5) is 0 Å². The molecule has 0 aromatic heterocycles. The normalized spacial score (nSPS) is 8.18. The zero-order valence-corrected chi connectivity index (χ0v) is 6.35. The molecule has 4 heteroatoms. The largest absolute Gasteiger partial charge is 0.466 e. The highest BCUT2D eigenvalue weighted by molar-refractivity contribution is 5.95. The Labute approximate surface area is 77.2 Å². The number of carbonyl (C=O) groups is 2. The Bertz CT molecular complexity index is 134. The molecule has 0 aliphatic rings. The van der Waals surface area contributed by atoms with Crippen LogP contribution in [0.25, 0.3) is 0 Å². The molecule has 0 radical (unpaired) electrons. The monoisotopic (exact) mass is 174 g/mol. The Morgan fingerprint density at radius 2 is 1.82 bits per heavy atom. The van der Waals surface area contributed by atoms with Crippen molar-refractivity contribution in [2.75, 3.05) is 6.61 Å². The first-order valence-corrected chi connectivity index (χ1v) is 3.38. The Hall–Kier alpha value is -0.328. The first-order chi connectivity index (χ1) is 4.70. The Kier molecular flexibility index (Phi) is 9.38. The maximum absolute atomic E-state index is 10.6. The number of Topliss-reactive ketones (excluding diaryl/α,β-unsaturated/α-hetero) is 1. The van der Waals surface area contributed by atoms with E-state index in [-0.39, 0.29) is 29.6 Å². The number of esters is 1. The van der Waals surface area contributed by atoms with Crippen molar-refractivity contribution in [2.24, 2.45) is 0 Å². The average molecular weight is 174 g/mol. The van der Waals surface area contributed by atoms with Crippen LogP contribution in [-0.2, 0) is 14.3 Å². The lowest BCUT2D eigenvalue weighted by molar-refractivity contribution is -0.145. The van der Waals surface area contributed by atoms with Gasteiger partial charge < -0.3 is 4.74 Å². The molecule has 0 N–H and O–H groups in total. The van der Waals surface area contributed by atoms with E-state index < -0.39 is 5.97 Å². The first-order valence-electron chi connectivity index (χ1n) is 3.38.